The average Bonchev–Trinajstić information content (AvgIpc) is 2.76. The van der Waals surface area contributed by atoms with Gasteiger partial charge in [-0.15, -0.1) is 0 Å². The standard InChI is InChI=1S/C14H22N2/c1-15-10-12-7-8-13(9-12)11-16-14-5-3-2-4-6-14/h2-6,12-13,15-16H,7-11H2,1H3. The quantitative estimate of drug-likeness (QED) is 0.794. The highest BCUT2D eigenvalue weighted by atomic mass is 14.9. The maximum atomic E-state index is 3.53. The predicted molar refractivity (Wildman–Crippen MR) is 69.7 cm³/mol. The third kappa shape index (κ3) is 3.24. The Balaban J connectivity index is 1.72. The van der Waals surface area contributed by atoms with Crippen molar-refractivity contribution < 1.29 is 0 Å². The molecule has 2 nitrogen and oxygen atoms in total. The van der Waals surface area contributed by atoms with E-state index in [1.165, 1.54) is 31.5 Å². The van der Waals surface area contributed by atoms with Crippen LogP contribution in [0.2, 0.25) is 0 Å². The van der Waals surface area contributed by atoms with Gasteiger partial charge in [0.25, 0.3) is 0 Å². The molecular formula is C14H22N2. The molecule has 16 heavy (non-hydrogen) atoms. The summed E-state index contributed by atoms with van der Waals surface area (Å²) in [5.41, 5.74) is 1.25. The molecule has 0 saturated heterocycles. The third-order valence-electron chi connectivity index (χ3n) is 3.51. The van der Waals surface area contributed by atoms with Gasteiger partial charge in [-0.3, -0.25) is 0 Å². The van der Waals surface area contributed by atoms with Crippen LogP contribution >= 0.6 is 0 Å². The van der Waals surface area contributed by atoms with E-state index < -0.39 is 0 Å². The minimum atomic E-state index is 0.860. The normalized spacial score (nSPS) is 24.6. The van der Waals surface area contributed by atoms with E-state index in [-0.39, 0.29) is 0 Å². The molecule has 0 aromatic heterocycles. The van der Waals surface area contributed by atoms with Crippen LogP contribution < -0.4 is 10.6 Å². The molecule has 0 aliphatic heterocycles. The van der Waals surface area contributed by atoms with Crippen molar-refractivity contribution in [1.82, 2.24) is 5.32 Å². The van der Waals surface area contributed by atoms with Gasteiger partial charge < -0.3 is 10.6 Å². The summed E-state index contributed by atoms with van der Waals surface area (Å²) in [5.74, 6) is 1.76. The van der Waals surface area contributed by atoms with E-state index in [1.807, 2.05) is 0 Å². The Bertz CT molecular complexity index is 297. The van der Waals surface area contributed by atoms with Crippen LogP contribution in [0.1, 0.15) is 19.3 Å². The van der Waals surface area contributed by atoms with Crippen LogP contribution in [0.5, 0.6) is 0 Å². The Morgan fingerprint density at radius 3 is 2.44 bits per heavy atom. The molecule has 1 aromatic carbocycles. The first-order valence-corrected chi connectivity index (χ1v) is 6.32. The molecule has 88 valence electrons. The molecule has 0 amide bonds. The highest BCUT2D eigenvalue weighted by Gasteiger charge is 2.23. The van der Waals surface area contributed by atoms with Crippen molar-refractivity contribution >= 4 is 5.69 Å². The average molecular weight is 218 g/mol. The number of nitrogens with one attached hydrogen (secondary N) is 2. The summed E-state index contributed by atoms with van der Waals surface area (Å²) in [7, 11) is 2.05. The maximum absolute atomic E-state index is 3.53. The molecule has 0 radical (unpaired) electrons. The van der Waals surface area contributed by atoms with Crippen molar-refractivity contribution in [1.29, 1.82) is 0 Å². The minimum absolute atomic E-state index is 0.860. The smallest absolute Gasteiger partial charge is 0.0340 e. The minimum Gasteiger partial charge on any atom is -0.385 e. The molecule has 2 heteroatoms. The Kier molecular flexibility index (Phi) is 4.23. The fraction of sp³-hybridized carbons (Fsp3) is 0.571. The molecule has 0 heterocycles. The lowest BCUT2D eigenvalue weighted by Crippen LogP contribution is -2.17. The van der Waals surface area contributed by atoms with Crippen molar-refractivity contribution in [2.45, 2.75) is 19.3 Å². The molecule has 1 fully saturated rings. The summed E-state index contributed by atoms with van der Waals surface area (Å²) in [6, 6.07) is 10.5. The molecule has 2 N–H and O–H groups in total. The summed E-state index contributed by atoms with van der Waals surface area (Å²) >= 11 is 0. The van der Waals surface area contributed by atoms with Crippen LogP contribution in [-0.2, 0) is 0 Å². The van der Waals surface area contributed by atoms with Crippen LogP contribution in [0.15, 0.2) is 30.3 Å². The first-order valence-electron chi connectivity index (χ1n) is 6.32. The number of rotatable bonds is 5. The van der Waals surface area contributed by atoms with Crippen molar-refractivity contribution in [3.05, 3.63) is 30.3 Å². The number of benzene rings is 1. The predicted octanol–water partition coefficient (Wildman–Crippen LogP) is 2.73. The van der Waals surface area contributed by atoms with E-state index in [0.717, 1.165) is 18.4 Å². The summed E-state index contributed by atoms with van der Waals surface area (Å²) in [5, 5.41) is 6.81. The van der Waals surface area contributed by atoms with Gasteiger partial charge in [-0.1, -0.05) is 18.2 Å². The van der Waals surface area contributed by atoms with E-state index in [2.05, 4.69) is 48.0 Å². The Morgan fingerprint density at radius 1 is 1.06 bits per heavy atom. The second-order valence-corrected chi connectivity index (χ2v) is 4.85. The Labute approximate surface area is 98.4 Å². The van der Waals surface area contributed by atoms with Gasteiger partial charge in [0, 0.05) is 12.2 Å². The van der Waals surface area contributed by atoms with Crippen LogP contribution in [-0.4, -0.2) is 20.1 Å². The van der Waals surface area contributed by atoms with Crippen molar-refractivity contribution in [3.8, 4) is 0 Å². The number of hydrogen-bond donors (Lipinski definition) is 2. The molecule has 2 atom stereocenters. The lowest BCUT2D eigenvalue weighted by Gasteiger charge is -2.13. The Hall–Kier alpha value is -1.02. The molecule has 1 saturated carbocycles. The maximum Gasteiger partial charge on any atom is 0.0340 e. The summed E-state index contributed by atoms with van der Waals surface area (Å²) in [6.45, 7) is 2.31. The van der Waals surface area contributed by atoms with Gasteiger partial charge in [0.15, 0.2) is 0 Å². The summed E-state index contributed by atoms with van der Waals surface area (Å²) < 4.78 is 0. The van der Waals surface area contributed by atoms with E-state index in [4.69, 9.17) is 0 Å². The molecule has 1 aliphatic rings. The van der Waals surface area contributed by atoms with Crippen molar-refractivity contribution in [3.63, 3.8) is 0 Å². The van der Waals surface area contributed by atoms with Crippen LogP contribution in [0.3, 0.4) is 0 Å². The van der Waals surface area contributed by atoms with Crippen molar-refractivity contribution in [2.24, 2.45) is 11.8 Å². The largest absolute Gasteiger partial charge is 0.385 e. The second kappa shape index (κ2) is 5.90. The highest BCUT2D eigenvalue weighted by Crippen LogP contribution is 2.30. The molecule has 0 spiro atoms. The van der Waals surface area contributed by atoms with Gasteiger partial charge in [0.1, 0.15) is 0 Å². The second-order valence-electron chi connectivity index (χ2n) is 4.85. The van der Waals surface area contributed by atoms with E-state index in [9.17, 15) is 0 Å². The van der Waals surface area contributed by atoms with Crippen LogP contribution in [0.4, 0.5) is 5.69 Å². The van der Waals surface area contributed by atoms with Gasteiger partial charge >= 0.3 is 0 Å². The van der Waals surface area contributed by atoms with Crippen LogP contribution in [0, 0.1) is 11.8 Å². The van der Waals surface area contributed by atoms with E-state index in [0.29, 0.717) is 0 Å². The van der Waals surface area contributed by atoms with Gasteiger partial charge in [0.05, 0.1) is 0 Å². The first kappa shape index (κ1) is 11.5. The molecule has 1 aliphatic carbocycles. The summed E-state index contributed by atoms with van der Waals surface area (Å²) in [6.07, 6.45) is 4.15. The first-order chi connectivity index (χ1) is 7.88. The van der Waals surface area contributed by atoms with Crippen LogP contribution in [0.25, 0.3) is 0 Å². The lowest BCUT2D eigenvalue weighted by atomic mass is 10.0. The molecular weight excluding hydrogens is 196 g/mol. The van der Waals surface area contributed by atoms with Gasteiger partial charge in [-0.2, -0.15) is 0 Å². The fourth-order valence-corrected chi connectivity index (χ4v) is 2.66. The molecule has 0 bridgehead atoms. The number of hydrogen-bond acceptors (Lipinski definition) is 2. The van der Waals surface area contributed by atoms with Gasteiger partial charge in [0.2, 0.25) is 0 Å². The zero-order valence-electron chi connectivity index (χ0n) is 10.1. The van der Waals surface area contributed by atoms with E-state index in [1.54, 1.807) is 0 Å². The van der Waals surface area contributed by atoms with E-state index >= 15 is 0 Å². The van der Waals surface area contributed by atoms with Crippen molar-refractivity contribution in [2.75, 3.05) is 25.5 Å². The Morgan fingerprint density at radius 2 is 1.75 bits per heavy atom. The van der Waals surface area contributed by atoms with Gasteiger partial charge in [-0.25, -0.2) is 0 Å². The molecule has 2 unspecified atom stereocenters. The topological polar surface area (TPSA) is 24.1 Å². The lowest BCUT2D eigenvalue weighted by molar-refractivity contribution is 0.485. The molecule has 1 aromatic rings. The van der Waals surface area contributed by atoms with Gasteiger partial charge in [-0.05, 0) is 56.8 Å². The monoisotopic (exact) mass is 218 g/mol. The number of para-hydroxylation sites is 1. The fourth-order valence-electron chi connectivity index (χ4n) is 2.66. The highest BCUT2D eigenvalue weighted by molar-refractivity contribution is 5.42. The zero-order valence-corrected chi connectivity index (χ0v) is 10.1. The third-order valence-corrected chi connectivity index (χ3v) is 3.51. The number of anilines is 1. The summed E-state index contributed by atoms with van der Waals surface area (Å²) in [4.78, 5) is 0. The molecule has 2 rings (SSSR count). The zero-order chi connectivity index (χ0) is 11.2. The SMILES string of the molecule is CNCC1CCC(CNc2ccccc2)C1.